The van der Waals surface area contributed by atoms with Crippen molar-refractivity contribution in [3.05, 3.63) is 200 Å². The van der Waals surface area contributed by atoms with Crippen molar-refractivity contribution in [2.24, 2.45) is 5.92 Å². The van der Waals surface area contributed by atoms with E-state index in [2.05, 4.69) is 225 Å². The van der Waals surface area contributed by atoms with E-state index in [4.69, 9.17) is 0 Å². The molecule has 0 saturated heterocycles. The molecule has 0 saturated carbocycles. The molecule has 8 aromatic carbocycles. The molecule has 4 heterocycles. The zero-order valence-electron chi connectivity index (χ0n) is 32.5. The lowest BCUT2D eigenvalue weighted by Crippen LogP contribution is -2.15. The number of hydrogen-bond acceptors (Lipinski definition) is 0. The van der Waals surface area contributed by atoms with Gasteiger partial charge in [-0.05, 0) is 78.7 Å². The number of hydrogen-bond donors (Lipinski definition) is 0. The van der Waals surface area contributed by atoms with E-state index in [9.17, 15) is 0 Å². The van der Waals surface area contributed by atoms with Crippen LogP contribution in [0.2, 0.25) is 0 Å². The number of rotatable bonds is 4. The molecule has 2 unspecified atom stereocenters. The van der Waals surface area contributed by atoms with E-state index in [0.29, 0.717) is 5.92 Å². The summed E-state index contributed by atoms with van der Waals surface area (Å²) in [4.78, 5) is 0. The summed E-state index contributed by atoms with van der Waals surface area (Å²) in [6.45, 7) is 2.33. The third kappa shape index (κ3) is 4.43. The third-order valence-corrected chi connectivity index (χ3v) is 13.0. The highest BCUT2D eigenvalue weighted by Crippen LogP contribution is 2.45. The quantitative estimate of drug-likeness (QED) is 0.170. The molecule has 4 aromatic heterocycles. The molecule has 0 amide bonds. The van der Waals surface area contributed by atoms with Gasteiger partial charge in [0.25, 0.3) is 0 Å². The molecule has 12 aromatic rings. The lowest BCUT2D eigenvalue weighted by Gasteiger charge is -2.24. The largest absolute Gasteiger partial charge is 0.333 e. The SMILES string of the molecule is CC1C=CC=CC1n1c2ccccc2c2c3c(ccc21)c1ccccc1n3-c1ccc(-n2c3ccccc3c3ccc4c(c5ccccc5n4-c4ccccc4)c32)cc1. The second-order valence-electron chi connectivity index (χ2n) is 16.1. The standard InChI is InChI=1S/C55H38N4/c1-35-15-5-10-22-45(35)59-49-26-14-9-21-44(49)53-51(59)34-32-42-40-19-7-12-24-47(40)58(55(42)53)38-29-27-37(28-30-38)57-46-23-11-6-18-39(46)41-31-33-50-52(54(41)57)43-20-8-13-25-48(43)56(50)36-16-3-2-4-17-36/h2-35,45H,1H3. The van der Waals surface area contributed by atoms with E-state index in [0.717, 1.165) is 17.1 Å². The molecule has 2 atom stereocenters. The molecule has 4 nitrogen and oxygen atoms in total. The highest BCUT2D eigenvalue weighted by molar-refractivity contribution is 6.27. The lowest BCUT2D eigenvalue weighted by molar-refractivity contribution is 0.510. The van der Waals surface area contributed by atoms with Gasteiger partial charge in [0.1, 0.15) is 0 Å². The minimum atomic E-state index is 0.233. The summed E-state index contributed by atoms with van der Waals surface area (Å²) >= 11 is 0. The third-order valence-electron chi connectivity index (χ3n) is 13.0. The average Bonchev–Trinajstić information content (AvgIpc) is 4.02. The first-order valence-corrected chi connectivity index (χ1v) is 20.7. The van der Waals surface area contributed by atoms with Crippen molar-refractivity contribution in [3.63, 3.8) is 0 Å². The fourth-order valence-corrected chi connectivity index (χ4v) is 10.5. The first-order valence-electron chi connectivity index (χ1n) is 20.7. The summed E-state index contributed by atoms with van der Waals surface area (Å²) in [6, 6.07) is 65.2. The maximum atomic E-state index is 2.57. The Hall–Kier alpha value is -7.56. The van der Waals surface area contributed by atoms with Gasteiger partial charge in [0.05, 0.1) is 44.7 Å². The molecule has 1 aliphatic rings. The van der Waals surface area contributed by atoms with Crippen LogP contribution in [0.15, 0.2) is 200 Å². The molecule has 59 heavy (non-hydrogen) atoms. The van der Waals surface area contributed by atoms with Crippen molar-refractivity contribution >= 4 is 87.2 Å². The average molecular weight is 755 g/mol. The Kier molecular flexibility index (Phi) is 6.74. The van der Waals surface area contributed by atoms with Crippen LogP contribution in [0.5, 0.6) is 0 Å². The number of fused-ring (bicyclic) bond motifs is 14. The van der Waals surface area contributed by atoms with Crippen molar-refractivity contribution in [1.82, 2.24) is 18.3 Å². The molecule has 0 aliphatic heterocycles. The van der Waals surface area contributed by atoms with Crippen LogP contribution in [0.1, 0.15) is 13.0 Å². The minimum absolute atomic E-state index is 0.233. The van der Waals surface area contributed by atoms with E-state index in [-0.39, 0.29) is 6.04 Å². The number of nitrogens with zero attached hydrogens (tertiary/aromatic N) is 4. The molecular weight excluding hydrogens is 717 g/mol. The molecule has 0 N–H and O–H groups in total. The van der Waals surface area contributed by atoms with Crippen LogP contribution in [-0.2, 0) is 0 Å². The van der Waals surface area contributed by atoms with Crippen LogP contribution in [0.3, 0.4) is 0 Å². The Balaban J connectivity index is 1.08. The van der Waals surface area contributed by atoms with Gasteiger partial charge in [0.15, 0.2) is 0 Å². The maximum absolute atomic E-state index is 2.57. The van der Waals surface area contributed by atoms with Crippen LogP contribution in [0.25, 0.3) is 104 Å². The van der Waals surface area contributed by atoms with Crippen LogP contribution < -0.4 is 0 Å². The summed E-state index contributed by atoms with van der Waals surface area (Å²) < 4.78 is 9.98. The van der Waals surface area contributed by atoms with Gasteiger partial charge >= 0.3 is 0 Å². The number of para-hydroxylation sites is 5. The monoisotopic (exact) mass is 754 g/mol. The first-order chi connectivity index (χ1) is 29.2. The molecule has 0 radical (unpaired) electrons. The predicted octanol–water partition coefficient (Wildman–Crippen LogP) is 14.4. The van der Waals surface area contributed by atoms with E-state index in [1.54, 1.807) is 0 Å². The summed E-state index contributed by atoms with van der Waals surface area (Å²) in [5.41, 5.74) is 13.3. The first kappa shape index (κ1) is 32.5. The maximum Gasteiger partial charge on any atom is 0.0641 e. The molecular formula is C55H38N4. The Labute approximate surface area is 340 Å². The normalized spacial score (nSPS) is 15.7. The predicted molar refractivity (Wildman–Crippen MR) is 249 cm³/mol. The van der Waals surface area contributed by atoms with Crippen molar-refractivity contribution in [1.29, 1.82) is 0 Å². The van der Waals surface area contributed by atoms with E-state index in [1.165, 1.54) is 87.2 Å². The topological polar surface area (TPSA) is 19.7 Å². The fourth-order valence-electron chi connectivity index (χ4n) is 10.5. The van der Waals surface area contributed by atoms with Crippen molar-refractivity contribution in [2.75, 3.05) is 0 Å². The van der Waals surface area contributed by atoms with E-state index >= 15 is 0 Å². The van der Waals surface area contributed by atoms with Crippen LogP contribution in [0, 0.1) is 5.92 Å². The van der Waals surface area contributed by atoms with Crippen molar-refractivity contribution < 1.29 is 0 Å². The second-order valence-corrected chi connectivity index (χ2v) is 16.1. The van der Waals surface area contributed by atoms with Gasteiger partial charge in [-0.3, -0.25) is 0 Å². The molecule has 0 fully saturated rings. The van der Waals surface area contributed by atoms with Crippen molar-refractivity contribution in [3.8, 4) is 17.1 Å². The van der Waals surface area contributed by atoms with Crippen LogP contribution in [-0.4, -0.2) is 18.3 Å². The van der Waals surface area contributed by atoms with Gasteiger partial charge in [-0.1, -0.05) is 134 Å². The molecule has 0 spiro atoms. The van der Waals surface area contributed by atoms with Gasteiger partial charge in [-0.15, -0.1) is 0 Å². The van der Waals surface area contributed by atoms with Gasteiger partial charge < -0.3 is 18.3 Å². The summed E-state index contributed by atoms with van der Waals surface area (Å²) in [6.07, 6.45) is 9.06. The van der Waals surface area contributed by atoms with Gasteiger partial charge in [0.2, 0.25) is 0 Å². The highest BCUT2D eigenvalue weighted by Gasteiger charge is 2.26. The number of benzene rings is 8. The molecule has 0 bridgehead atoms. The van der Waals surface area contributed by atoms with Gasteiger partial charge in [0, 0.05) is 65.7 Å². The number of allylic oxidation sites excluding steroid dienone is 4. The van der Waals surface area contributed by atoms with Crippen LogP contribution >= 0.6 is 0 Å². The van der Waals surface area contributed by atoms with E-state index in [1.807, 2.05) is 0 Å². The second kappa shape index (κ2) is 12.2. The highest BCUT2D eigenvalue weighted by atomic mass is 15.0. The molecule has 13 rings (SSSR count). The summed E-state index contributed by atoms with van der Waals surface area (Å²) in [7, 11) is 0. The lowest BCUT2D eigenvalue weighted by atomic mass is 9.96. The number of aromatic nitrogens is 4. The Morgan fingerprint density at radius 1 is 0.322 bits per heavy atom. The van der Waals surface area contributed by atoms with E-state index < -0.39 is 0 Å². The summed E-state index contributed by atoms with van der Waals surface area (Å²) in [5.74, 6) is 0.380. The zero-order chi connectivity index (χ0) is 38.8. The van der Waals surface area contributed by atoms with Gasteiger partial charge in [-0.25, -0.2) is 0 Å². The fraction of sp³-hybridized carbons (Fsp3) is 0.0545. The van der Waals surface area contributed by atoms with Crippen LogP contribution in [0.4, 0.5) is 0 Å². The summed E-state index contributed by atoms with van der Waals surface area (Å²) in [5, 5.41) is 10.1. The Morgan fingerprint density at radius 2 is 0.763 bits per heavy atom. The molecule has 1 aliphatic carbocycles. The van der Waals surface area contributed by atoms with Gasteiger partial charge in [-0.2, -0.15) is 0 Å². The molecule has 4 heteroatoms. The molecule has 278 valence electrons. The Bertz CT molecular complexity index is 3730. The Morgan fingerprint density at radius 3 is 1.36 bits per heavy atom. The zero-order valence-corrected chi connectivity index (χ0v) is 32.5. The smallest absolute Gasteiger partial charge is 0.0641 e. The van der Waals surface area contributed by atoms with Crippen molar-refractivity contribution in [2.45, 2.75) is 13.0 Å². The minimum Gasteiger partial charge on any atom is -0.333 e.